The highest BCUT2D eigenvalue weighted by molar-refractivity contribution is 9.10. The quantitative estimate of drug-likeness (QED) is 0.610. The molecule has 3 N–H and O–H groups in total. The van der Waals surface area contributed by atoms with Gasteiger partial charge in [-0.2, -0.15) is 5.10 Å². The Morgan fingerprint density at radius 1 is 1.56 bits per heavy atom. The number of aromatic nitrogens is 2. The molecule has 0 aromatic carbocycles. The van der Waals surface area contributed by atoms with Crippen LogP contribution >= 0.6 is 15.9 Å². The van der Waals surface area contributed by atoms with Crippen LogP contribution in [0.4, 0.5) is 0 Å². The lowest BCUT2D eigenvalue weighted by molar-refractivity contribution is 0.335. The molecule has 1 heterocycles. The van der Waals surface area contributed by atoms with E-state index >= 15 is 0 Å². The number of hydrogen-bond donors (Lipinski definition) is 2. The minimum absolute atomic E-state index is 0.223. The average molecular weight is 290 g/mol. The maximum absolute atomic E-state index is 5.55. The number of nitrogens with one attached hydrogen (secondary N) is 1. The smallest absolute Gasteiger partial charge is 0.0738 e. The summed E-state index contributed by atoms with van der Waals surface area (Å²) in [5, 5.41) is 4.36. The maximum atomic E-state index is 5.55. The van der Waals surface area contributed by atoms with E-state index in [2.05, 4.69) is 31.4 Å². The SMILES string of the molecule is Cc1nn(C)c(CC(CN(C)C)NN)c1Br. The van der Waals surface area contributed by atoms with Gasteiger partial charge in [0, 0.05) is 26.1 Å². The fourth-order valence-corrected chi connectivity index (χ4v) is 2.25. The van der Waals surface area contributed by atoms with Crippen LogP contribution in [0.3, 0.4) is 0 Å². The molecule has 1 rings (SSSR count). The Balaban J connectivity index is 2.77. The van der Waals surface area contributed by atoms with Crippen molar-refractivity contribution in [2.45, 2.75) is 19.4 Å². The Labute approximate surface area is 105 Å². The Hall–Kier alpha value is -0.430. The summed E-state index contributed by atoms with van der Waals surface area (Å²) in [7, 11) is 6.03. The molecular weight excluding hydrogens is 270 g/mol. The van der Waals surface area contributed by atoms with Crippen LogP contribution in [0.2, 0.25) is 0 Å². The average Bonchev–Trinajstić information content (AvgIpc) is 2.43. The third-order valence-electron chi connectivity index (χ3n) is 2.52. The summed E-state index contributed by atoms with van der Waals surface area (Å²) >= 11 is 3.56. The molecule has 6 heteroatoms. The molecule has 0 saturated carbocycles. The van der Waals surface area contributed by atoms with Gasteiger partial charge in [0.25, 0.3) is 0 Å². The summed E-state index contributed by atoms with van der Waals surface area (Å²) in [6, 6.07) is 0.223. The van der Waals surface area contributed by atoms with Crippen LogP contribution < -0.4 is 11.3 Å². The van der Waals surface area contributed by atoms with Crippen LogP contribution in [0.1, 0.15) is 11.4 Å². The first kappa shape index (κ1) is 13.6. The number of aryl methyl sites for hydroxylation is 2. The topological polar surface area (TPSA) is 59.1 Å². The summed E-state index contributed by atoms with van der Waals surface area (Å²) < 4.78 is 2.98. The summed E-state index contributed by atoms with van der Waals surface area (Å²) in [4.78, 5) is 2.11. The molecule has 1 aromatic heterocycles. The van der Waals surface area contributed by atoms with Crippen LogP contribution in [-0.2, 0) is 13.5 Å². The zero-order valence-electron chi connectivity index (χ0n) is 10.3. The first-order chi connectivity index (χ1) is 7.45. The molecule has 5 nitrogen and oxygen atoms in total. The second-order valence-corrected chi connectivity index (χ2v) is 5.09. The van der Waals surface area contributed by atoms with Crippen molar-refractivity contribution in [3.05, 3.63) is 15.9 Å². The van der Waals surface area contributed by atoms with E-state index in [1.54, 1.807) is 0 Å². The van der Waals surface area contributed by atoms with Gasteiger partial charge in [0.2, 0.25) is 0 Å². The van der Waals surface area contributed by atoms with Crippen LogP contribution in [0, 0.1) is 6.92 Å². The molecule has 0 fully saturated rings. The Kier molecular flexibility index (Phi) is 4.91. The van der Waals surface area contributed by atoms with Crippen molar-refractivity contribution in [2.75, 3.05) is 20.6 Å². The fourth-order valence-electron chi connectivity index (χ4n) is 1.75. The molecule has 0 aliphatic carbocycles. The molecule has 0 aliphatic heterocycles. The lowest BCUT2D eigenvalue weighted by atomic mass is 10.1. The molecule has 0 saturated heterocycles. The molecular formula is C10H20BrN5. The Bertz CT molecular complexity index is 347. The number of rotatable bonds is 5. The Morgan fingerprint density at radius 3 is 2.56 bits per heavy atom. The van der Waals surface area contributed by atoms with Gasteiger partial charge in [0.15, 0.2) is 0 Å². The Morgan fingerprint density at radius 2 is 2.19 bits per heavy atom. The van der Waals surface area contributed by atoms with Gasteiger partial charge in [-0.25, -0.2) is 0 Å². The number of likely N-dealkylation sites (N-methyl/N-ethyl adjacent to an activating group) is 1. The zero-order chi connectivity index (χ0) is 12.3. The molecule has 92 valence electrons. The second-order valence-electron chi connectivity index (χ2n) is 4.30. The summed E-state index contributed by atoms with van der Waals surface area (Å²) in [6.45, 7) is 2.89. The normalized spacial score (nSPS) is 13.4. The van der Waals surface area contributed by atoms with Gasteiger partial charge >= 0.3 is 0 Å². The number of halogens is 1. The summed E-state index contributed by atoms with van der Waals surface area (Å²) in [6.07, 6.45) is 0.854. The van der Waals surface area contributed by atoms with Gasteiger partial charge in [-0.3, -0.25) is 16.0 Å². The van der Waals surface area contributed by atoms with Crippen molar-refractivity contribution in [3.8, 4) is 0 Å². The summed E-state index contributed by atoms with van der Waals surface area (Å²) in [5.41, 5.74) is 5.02. The van der Waals surface area contributed by atoms with E-state index in [9.17, 15) is 0 Å². The van der Waals surface area contributed by atoms with Gasteiger partial charge < -0.3 is 4.90 Å². The van der Waals surface area contributed by atoms with Crippen molar-refractivity contribution in [2.24, 2.45) is 12.9 Å². The highest BCUT2D eigenvalue weighted by atomic mass is 79.9. The fraction of sp³-hybridized carbons (Fsp3) is 0.700. The minimum atomic E-state index is 0.223. The summed E-state index contributed by atoms with van der Waals surface area (Å²) in [5.74, 6) is 5.55. The van der Waals surface area contributed by atoms with Crippen LogP contribution in [-0.4, -0.2) is 41.4 Å². The van der Waals surface area contributed by atoms with Gasteiger partial charge in [0.05, 0.1) is 15.9 Å². The predicted octanol–water partition coefficient (Wildman–Crippen LogP) is 0.427. The van der Waals surface area contributed by atoms with Gasteiger partial charge in [-0.15, -0.1) is 0 Å². The van der Waals surface area contributed by atoms with Gasteiger partial charge in [-0.05, 0) is 36.9 Å². The maximum Gasteiger partial charge on any atom is 0.0738 e. The zero-order valence-corrected chi connectivity index (χ0v) is 11.9. The molecule has 0 amide bonds. The van der Waals surface area contributed by atoms with Crippen molar-refractivity contribution < 1.29 is 0 Å². The highest BCUT2D eigenvalue weighted by Crippen LogP contribution is 2.21. The second kappa shape index (κ2) is 5.77. The van der Waals surface area contributed by atoms with Crippen molar-refractivity contribution in [1.29, 1.82) is 0 Å². The number of nitrogens with two attached hydrogens (primary N) is 1. The highest BCUT2D eigenvalue weighted by Gasteiger charge is 2.16. The van der Waals surface area contributed by atoms with Crippen LogP contribution in [0.5, 0.6) is 0 Å². The van der Waals surface area contributed by atoms with Crippen LogP contribution in [0.25, 0.3) is 0 Å². The van der Waals surface area contributed by atoms with Crippen LogP contribution in [0.15, 0.2) is 4.47 Å². The van der Waals surface area contributed by atoms with E-state index in [1.807, 2.05) is 32.7 Å². The first-order valence-corrected chi connectivity index (χ1v) is 6.03. The van der Waals surface area contributed by atoms with E-state index in [0.29, 0.717) is 0 Å². The van der Waals surface area contributed by atoms with Crippen molar-refractivity contribution in [1.82, 2.24) is 20.1 Å². The van der Waals surface area contributed by atoms with E-state index in [4.69, 9.17) is 5.84 Å². The third kappa shape index (κ3) is 3.28. The third-order valence-corrected chi connectivity index (χ3v) is 3.55. The molecule has 0 spiro atoms. The standard InChI is InChI=1S/C10H20BrN5/c1-7-10(11)9(16(4)14-7)5-8(13-12)6-15(2)3/h8,13H,5-6,12H2,1-4H3. The van der Waals surface area contributed by atoms with Crippen molar-refractivity contribution in [3.63, 3.8) is 0 Å². The molecule has 1 atom stereocenters. The molecule has 0 radical (unpaired) electrons. The predicted molar refractivity (Wildman–Crippen MR) is 69.0 cm³/mol. The lowest BCUT2D eigenvalue weighted by Crippen LogP contribution is -2.44. The largest absolute Gasteiger partial charge is 0.308 e. The minimum Gasteiger partial charge on any atom is -0.308 e. The molecule has 1 unspecified atom stereocenters. The van der Waals surface area contributed by atoms with Gasteiger partial charge in [0.1, 0.15) is 0 Å². The van der Waals surface area contributed by atoms with E-state index in [-0.39, 0.29) is 6.04 Å². The molecule has 16 heavy (non-hydrogen) atoms. The van der Waals surface area contributed by atoms with Gasteiger partial charge in [-0.1, -0.05) is 0 Å². The molecule has 0 bridgehead atoms. The van der Waals surface area contributed by atoms with E-state index < -0.39 is 0 Å². The monoisotopic (exact) mass is 289 g/mol. The number of hydrogen-bond acceptors (Lipinski definition) is 4. The molecule has 1 aromatic rings. The van der Waals surface area contributed by atoms with E-state index in [1.165, 1.54) is 5.69 Å². The number of hydrazine groups is 1. The first-order valence-electron chi connectivity index (χ1n) is 5.24. The van der Waals surface area contributed by atoms with Crippen molar-refractivity contribution >= 4 is 15.9 Å². The lowest BCUT2D eigenvalue weighted by Gasteiger charge is -2.20. The number of nitrogens with zero attached hydrogens (tertiary/aromatic N) is 3. The molecule has 0 aliphatic rings. The van der Waals surface area contributed by atoms with E-state index in [0.717, 1.165) is 23.1 Å².